The molecule has 2 aliphatic heterocycles. The number of benzene rings is 1. The van der Waals surface area contributed by atoms with Crippen LogP contribution in [0.1, 0.15) is 12.5 Å². The minimum atomic E-state index is -0.497. The number of fused-ring (bicyclic) bond motifs is 7. The van der Waals surface area contributed by atoms with E-state index in [1.165, 1.54) is 6.07 Å². The van der Waals surface area contributed by atoms with Gasteiger partial charge in [0, 0.05) is 50.3 Å². The fourth-order valence-corrected chi connectivity index (χ4v) is 3.99. The van der Waals surface area contributed by atoms with Gasteiger partial charge in [-0.15, -0.1) is 0 Å². The van der Waals surface area contributed by atoms with E-state index in [1.807, 2.05) is 28.9 Å². The maximum Gasteiger partial charge on any atom is 0.326 e. The van der Waals surface area contributed by atoms with Crippen LogP contribution >= 0.6 is 0 Å². The summed E-state index contributed by atoms with van der Waals surface area (Å²) in [5, 5.41) is 4.49. The summed E-state index contributed by atoms with van der Waals surface area (Å²) in [4.78, 5) is 4.35. The predicted molar refractivity (Wildman–Crippen MR) is 96.4 cm³/mol. The van der Waals surface area contributed by atoms with Crippen molar-refractivity contribution < 1.29 is 8.96 Å². The Morgan fingerprint density at radius 3 is 2.92 bits per heavy atom. The van der Waals surface area contributed by atoms with Crippen LogP contribution in [0.3, 0.4) is 0 Å². The van der Waals surface area contributed by atoms with Gasteiger partial charge in [0.25, 0.3) is 0 Å². The van der Waals surface area contributed by atoms with E-state index in [1.54, 1.807) is 12.3 Å². The molecule has 6 heteroatoms. The molecule has 0 bridgehead atoms. The summed E-state index contributed by atoms with van der Waals surface area (Å²) < 4.78 is 18.2. The molecule has 0 fully saturated rings. The topological polar surface area (TPSA) is 28.2 Å². The smallest absolute Gasteiger partial charge is 0.301 e. The summed E-state index contributed by atoms with van der Waals surface area (Å²) in [7, 11) is 2.05. The molecule has 1 atom stereocenters. The third-order valence-corrected chi connectivity index (χ3v) is 5.48. The molecule has 2 aromatic heterocycles. The van der Waals surface area contributed by atoms with Crippen LogP contribution < -0.4 is 9.47 Å². The Balaban J connectivity index is 1.88. The van der Waals surface area contributed by atoms with E-state index in [-0.39, 0.29) is 5.82 Å². The normalized spacial score (nSPS) is 20.6. The van der Waals surface area contributed by atoms with E-state index in [0.717, 1.165) is 22.6 Å². The zero-order valence-corrected chi connectivity index (χ0v) is 14.7. The van der Waals surface area contributed by atoms with Gasteiger partial charge in [-0.1, -0.05) is 0 Å². The highest BCUT2D eigenvalue weighted by atomic mass is 19.1. The minimum absolute atomic E-state index is 0.236. The largest absolute Gasteiger partial charge is 0.326 e. The Hall–Kier alpha value is -3.15. The van der Waals surface area contributed by atoms with Crippen molar-refractivity contribution in [3.8, 4) is 11.4 Å². The lowest BCUT2D eigenvalue weighted by atomic mass is 10.1. The van der Waals surface area contributed by atoms with Gasteiger partial charge in [0.15, 0.2) is 6.20 Å². The van der Waals surface area contributed by atoms with Gasteiger partial charge in [0.2, 0.25) is 5.69 Å². The van der Waals surface area contributed by atoms with Gasteiger partial charge in [0.05, 0.1) is 12.2 Å². The molecule has 0 saturated carbocycles. The van der Waals surface area contributed by atoms with Crippen LogP contribution in [0.5, 0.6) is 0 Å². The number of halogens is 1. The average Bonchev–Trinajstić information content (AvgIpc) is 3.21. The van der Waals surface area contributed by atoms with Gasteiger partial charge in [-0.3, -0.25) is 9.58 Å². The first-order valence-electron chi connectivity index (χ1n) is 8.61. The van der Waals surface area contributed by atoms with Gasteiger partial charge in [-0.2, -0.15) is 9.67 Å². The molecule has 26 heavy (non-hydrogen) atoms. The van der Waals surface area contributed by atoms with E-state index < -0.39 is 5.79 Å². The van der Waals surface area contributed by atoms with Crippen LogP contribution in [0.4, 0.5) is 10.1 Å². The van der Waals surface area contributed by atoms with E-state index in [4.69, 9.17) is 0 Å². The number of hydrogen-bond acceptors (Lipinski definition) is 3. The third kappa shape index (κ3) is 1.89. The van der Waals surface area contributed by atoms with Crippen molar-refractivity contribution >= 4 is 5.69 Å². The summed E-state index contributed by atoms with van der Waals surface area (Å²) in [5.74, 6) is -0.733. The van der Waals surface area contributed by atoms with Crippen molar-refractivity contribution in [2.45, 2.75) is 19.3 Å². The molecule has 0 saturated heterocycles. The van der Waals surface area contributed by atoms with Crippen LogP contribution in [-0.2, 0) is 12.3 Å². The number of hydrogen-bond donors (Lipinski definition) is 0. The molecular weight excluding hydrogens is 329 g/mol. The fraction of sp³-hybridized carbons (Fsp3) is 0.200. The van der Waals surface area contributed by atoms with Crippen LogP contribution in [0.2, 0.25) is 0 Å². The third-order valence-electron chi connectivity index (χ3n) is 5.48. The van der Waals surface area contributed by atoms with Crippen molar-refractivity contribution in [3.63, 3.8) is 0 Å². The first-order valence-corrected chi connectivity index (χ1v) is 8.61. The Labute approximate surface area is 151 Å². The molecule has 0 N–H and O–H groups in total. The van der Waals surface area contributed by atoms with Gasteiger partial charge in [0.1, 0.15) is 11.5 Å². The van der Waals surface area contributed by atoms with Crippen molar-refractivity contribution in [2.75, 3.05) is 11.9 Å². The number of nitrogens with zero attached hydrogens (tertiary/aromatic N) is 5. The number of rotatable bonds is 0. The summed E-state index contributed by atoms with van der Waals surface area (Å²) >= 11 is 0. The summed E-state index contributed by atoms with van der Waals surface area (Å²) in [6, 6.07) is 13.1. The fourth-order valence-electron chi connectivity index (χ4n) is 3.99. The molecule has 0 amide bonds. The second-order valence-electron chi connectivity index (χ2n) is 6.85. The SMILES string of the molecule is CN1C=CN2c3ccc(F)cc3Cn3nccc3-c3cccc[n+]3[C@]12C. The molecule has 130 valence electrons. The highest BCUT2D eigenvalue weighted by Gasteiger charge is 2.50. The lowest BCUT2D eigenvalue weighted by molar-refractivity contribution is -0.769. The Kier molecular flexibility index (Phi) is 3.01. The Morgan fingerprint density at radius 2 is 2.04 bits per heavy atom. The lowest BCUT2D eigenvalue weighted by Gasteiger charge is -2.36. The van der Waals surface area contributed by atoms with Crippen molar-refractivity contribution in [1.82, 2.24) is 14.7 Å². The highest BCUT2D eigenvalue weighted by Crippen LogP contribution is 2.37. The summed E-state index contributed by atoms with van der Waals surface area (Å²) in [6.45, 7) is 2.67. The lowest BCUT2D eigenvalue weighted by Crippen LogP contribution is -2.68. The van der Waals surface area contributed by atoms with E-state index >= 15 is 0 Å². The molecule has 0 unspecified atom stereocenters. The van der Waals surface area contributed by atoms with Crippen molar-refractivity contribution in [2.24, 2.45) is 0 Å². The molecule has 3 aromatic rings. The van der Waals surface area contributed by atoms with E-state index in [2.05, 4.69) is 58.1 Å². The number of pyridine rings is 1. The maximum atomic E-state index is 14.0. The van der Waals surface area contributed by atoms with Crippen LogP contribution in [-0.4, -0.2) is 21.7 Å². The number of aromatic nitrogens is 3. The second-order valence-corrected chi connectivity index (χ2v) is 6.85. The van der Waals surface area contributed by atoms with Crippen LogP contribution in [0.25, 0.3) is 11.4 Å². The van der Waals surface area contributed by atoms with Crippen molar-refractivity contribution in [3.05, 3.63) is 78.6 Å². The Bertz CT molecular complexity index is 1040. The van der Waals surface area contributed by atoms with Gasteiger partial charge >= 0.3 is 5.79 Å². The Morgan fingerprint density at radius 1 is 1.15 bits per heavy atom. The molecule has 0 radical (unpaired) electrons. The first kappa shape index (κ1) is 15.1. The summed E-state index contributed by atoms with van der Waals surface area (Å²) in [6.07, 6.45) is 7.98. The van der Waals surface area contributed by atoms with Crippen LogP contribution in [0.15, 0.2) is 67.3 Å². The molecule has 0 spiro atoms. The molecule has 2 aliphatic rings. The van der Waals surface area contributed by atoms with Gasteiger partial charge in [-0.05, 0) is 30.3 Å². The van der Waals surface area contributed by atoms with Gasteiger partial charge in [-0.25, -0.2) is 4.39 Å². The molecule has 5 nitrogen and oxygen atoms in total. The average molecular weight is 348 g/mol. The van der Waals surface area contributed by atoms with Crippen molar-refractivity contribution in [1.29, 1.82) is 0 Å². The molecule has 5 rings (SSSR count). The zero-order valence-electron chi connectivity index (χ0n) is 14.7. The minimum Gasteiger partial charge on any atom is -0.301 e. The van der Waals surface area contributed by atoms with E-state index in [0.29, 0.717) is 6.54 Å². The van der Waals surface area contributed by atoms with Crippen LogP contribution in [0, 0.1) is 5.82 Å². The molecule has 1 aromatic carbocycles. The predicted octanol–water partition coefficient (Wildman–Crippen LogP) is 2.89. The standard InChI is InChI=1S/C20H19FN5/c1-20-23(2)11-12-25(20)17-7-6-16(21)13-15(17)14-26-19(8-9-22-26)18-5-3-4-10-24(18)20/h3-13H,14H2,1-2H3/q+1/t20-/m0/s1. The first-order chi connectivity index (χ1) is 12.6. The van der Waals surface area contributed by atoms with Gasteiger partial charge < -0.3 is 4.90 Å². The summed E-state index contributed by atoms with van der Waals surface area (Å²) in [5.41, 5.74) is 3.93. The quantitative estimate of drug-likeness (QED) is 0.585. The number of anilines is 1. The molecule has 0 aliphatic carbocycles. The maximum absolute atomic E-state index is 14.0. The second kappa shape index (κ2) is 5.17. The molecular formula is C20H19FN5+. The highest BCUT2D eigenvalue weighted by molar-refractivity contribution is 5.60. The molecule has 4 heterocycles. The monoisotopic (exact) mass is 348 g/mol. The van der Waals surface area contributed by atoms with E-state index in [9.17, 15) is 4.39 Å². The zero-order chi connectivity index (χ0) is 17.9.